The third-order valence-electron chi connectivity index (χ3n) is 6.39. The Morgan fingerprint density at radius 2 is 1.67 bits per heavy atom. The molecule has 0 aliphatic carbocycles. The average Bonchev–Trinajstić information content (AvgIpc) is 3.23. The van der Waals surface area contributed by atoms with Crippen LogP contribution in [0.5, 0.6) is 0 Å². The molecular weight excluding hydrogens is 410 g/mol. The van der Waals surface area contributed by atoms with Crippen LogP contribution in [0.2, 0.25) is 0 Å². The molecule has 1 fully saturated rings. The van der Waals surface area contributed by atoms with Crippen molar-refractivity contribution in [3.8, 4) is 11.3 Å². The first-order chi connectivity index (χ1) is 16.0. The first-order valence-electron chi connectivity index (χ1n) is 12.1. The predicted molar refractivity (Wildman–Crippen MR) is 133 cm³/mol. The molecule has 3 aromatic rings. The highest BCUT2D eigenvalue weighted by Crippen LogP contribution is 2.35. The van der Waals surface area contributed by atoms with Gasteiger partial charge in [-0.1, -0.05) is 86.6 Å². The van der Waals surface area contributed by atoms with E-state index in [0.717, 1.165) is 60.1 Å². The second kappa shape index (κ2) is 10.7. The van der Waals surface area contributed by atoms with Crippen LogP contribution in [0.1, 0.15) is 51.2 Å². The summed E-state index contributed by atoms with van der Waals surface area (Å²) in [5, 5.41) is 4.51. The van der Waals surface area contributed by atoms with Gasteiger partial charge in [0.2, 0.25) is 11.8 Å². The van der Waals surface area contributed by atoms with Gasteiger partial charge >= 0.3 is 0 Å². The monoisotopic (exact) mass is 445 g/mol. The van der Waals surface area contributed by atoms with E-state index >= 15 is 0 Å². The van der Waals surface area contributed by atoms with Crippen LogP contribution in [0.15, 0.2) is 65.2 Å². The van der Waals surface area contributed by atoms with Gasteiger partial charge in [-0.3, -0.25) is 4.79 Å². The fraction of sp³-hybridized carbons (Fsp3) is 0.429. The molecule has 4 rings (SSSR count). The summed E-state index contributed by atoms with van der Waals surface area (Å²) in [5.41, 5.74) is 3.98. The van der Waals surface area contributed by atoms with Gasteiger partial charge in [0.15, 0.2) is 0 Å². The lowest BCUT2D eigenvalue weighted by atomic mass is 9.98. The Morgan fingerprint density at radius 3 is 2.30 bits per heavy atom. The van der Waals surface area contributed by atoms with Crippen molar-refractivity contribution in [2.75, 3.05) is 18.0 Å². The lowest BCUT2D eigenvalue weighted by Gasteiger charge is -2.31. The summed E-state index contributed by atoms with van der Waals surface area (Å²) in [6.45, 7) is 9.45. The molecule has 0 bridgehead atoms. The van der Waals surface area contributed by atoms with Crippen molar-refractivity contribution in [3.05, 3.63) is 71.8 Å². The SMILES string of the molecule is CC(C)CC(=O)N(Cc1ccccc1)Cc1c(-c2ccccc2)noc1N1CCC(C)CC1. The molecule has 174 valence electrons. The number of hydrogen-bond donors (Lipinski definition) is 0. The van der Waals surface area contributed by atoms with E-state index in [1.54, 1.807) is 0 Å². The van der Waals surface area contributed by atoms with E-state index in [4.69, 9.17) is 4.52 Å². The van der Waals surface area contributed by atoms with Crippen LogP contribution in [0.3, 0.4) is 0 Å². The number of hydrogen-bond acceptors (Lipinski definition) is 4. The van der Waals surface area contributed by atoms with Gasteiger partial charge in [-0.05, 0) is 30.2 Å². The Balaban J connectivity index is 1.70. The van der Waals surface area contributed by atoms with Crippen molar-refractivity contribution in [3.63, 3.8) is 0 Å². The number of anilines is 1. The number of aromatic nitrogens is 1. The van der Waals surface area contributed by atoms with Crippen molar-refractivity contribution in [1.29, 1.82) is 0 Å². The predicted octanol–water partition coefficient (Wildman–Crippen LogP) is 6.15. The first kappa shape index (κ1) is 23.1. The van der Waals surface area contributed by atoms with Gasteiger partial charge in [-0.25, -0.2) is 0 Å². The Kier molecular flexibility index (Phi) is 7.48. The zero-order valence-electron chi connectivity index (χ0n) is 20.0. The average molecular weight is 446 g/mol. The van der Waals surface area contributed by atoms with E-state index in [2.05, 4.69) is 55.1 Å². The summed E-state index contributed by atoms with van der Waals surface area (Å²) < 4.78 is 5.97. The zero-order chi connectivity index (χ0) is 23.2. The highest BCUT2D eigenvalue weighted by Gasteiger charge is 2.28. The van der Waals surface area contributed by atoms with Crippen molar-refractivity contribution in [2.24, 2.45) is 11.8 Å². The zero-order valence-corrected chi connectivity index (χ0v) is 20.0. The summed E-state index contributed by atoms with van der Waals surface area (Å²) in [5.74, 6) is 2.00. The van der Waals surface area contributed by atoms with Crippen molar-refractivity contribution >= 4 is 11.8 Å². The second-order valence-electron chi connectivity index (χ2n) is 9.68. The van der Waals surface area contributed by atoms with Crippen molar-refractivity contribution in [2.45, 2.75) is 53.1 Å². The Morgan fingerprint density at radius 1 is 1.03 bits per heavy atom. The van der Waals surface area contributed by atoms with Crippen molar-refractivity contribution in [1.82, 2.24) is 10.1 Å². The van der Waals surface area contributed by atoms with Crippen LogP contribution in [0, 0.1) is 11.8 Å². The molecular formula is C28H35N3O2. The third-order valence-corrected chi connectivity index (χ3v) is 6.39. The first-order valence-corrected chi connectivity index (χ1v) is 12.1. The van der Waals surface area contributed by atoms with Crippen LogP contribution in [0.25, 0.3) is 11.3 Å². The highest BCUT2D eigenvalue weighted by atomic mass is 16.5. The fourth-order valence-corrected chi connectivity index (χ4v) is 4.43. The number of benzene rings is 2. The molecule has 1 aromatic heterocycles. The van der Waals surface area contributed by atoms with Gasteiger partial charge in [0.05, 0.1) is 12.1 Å². The van der Waals surface area contributed by atoms with Crippen LogP contribution in [-0.2, 0) is 17.9 Å². The summed E-state index contributed by atoms with van der Waals surface area (Å²) in [6.07, 6.45) is 2.80. The van der Waals surface area contributed by atoms with E-state index in [-0.39, 0.29) is 5.91 Å². The molecule has 5 heteroatoms. The van der Waals surface area contributed by atoms with Gasteiger partial charge in [0, 0.05) is 31.6 Å². The number of amides is 1. The van der Waals surface area contributed by atoms with Gasteiger partial charge in [0.25, 0.3) is 0 Å². The fourth-order valence-electron chi connectivity index (χ4n) is 4.43. The molecule has 1 aliphatic rings. The molecule has 0 atom stereocenters. The largest absolute Gasteiger partial charge is 0.340 e. The van der Waals surface area contributed by atoms with E-state index in [1.807, 2.05) is 41.3 Å². The maximum absolute atomic E-state index is 13.3. The summed E-state index contributed by atoms with van der Waals surface area (Å²) in [7, 11) is 0. The molecule has 0 saturated carbocycles. The highest BCUT2D eigenvalue weighted by molar-refractivity contribution is 5.77. The number of rotatable bonds is 8. The molecule has 0 unspecified atom stereocenters. The van der Waals surface area contributed by atoms with E-state index in [1.165, 1.54) is 0 Å². The lowest BCUT2D eigenvalue weighted by Crippen LogP contribution is -2.35. The molecule has 2 heterocycles. The number of carbonyl (C=O) groups is 1. The van der Waals surface area contributed by atoms with E-state index < -0.39 is 0 Å². The third kappa shape index (κ3) is 5.84. The lowest BCUT2D eigenvalue weighted by molar-refractivity contribution is -0.133. The minimum atomic E-state index is 0.160. The topological polar surface area (TPSA) is 49.6 Å². The summed E-state index contributed by atoms with van der Waals surface area (Å²) in [4.78, 5) is 17.6. The Labute approximate surface area is 197 Å². The van der Waals surface area contributed by atoms with Crippen LogP contribution in [0.4, 0.5) is 5.88 Å². The van der Waals surface area contributed by atoms with Gasteiger partial charge in [-0.2, -0.15) is 0 Å². The number of piperidine rings is 1. The normalized spacial score (nSPS) is 14.6. The maximum atomic E-state index is 13.3. The summed E-state index contributed by atoms with van der Waals surface area (Å²) in [6, 6.07) is 20.4. The summed E-state index contributed by atoms with van der Waals surface area (Å²) >= 11 is 0. The second-order valence-corrected chi connectivity index (χ2v) is 9.68. The smallest absolute Gasteiger partial charge is 0.232 e. The molecule has 1 amide bonds. The van der Waals surface area contributed by atoms with Crippen LogP contribution >= 0.6 is 0 Å². The van der Waals surface area contributed by atoms with Gasteiger partial charge in [-0.15, -0.1) is 0 Å². The molecule has 2 aromatic carbocycles. The molecule has 33 heavy (non-hydrogen) atoms. The quantitative estimate of drug-likeness (QED) is 0.417. The van der Waals surface area contributed by atoms with Gasteiger partial charge < -0.3 is 14.3 Å². The van der Waals surface area contributed by atoms with Crippen LogP contribution < -0.4 is 4.90 Å². The molecule has 5 nitrogen and oxygen atoms in total. The van der Waals surface area contributed by atoms with Crippen molar-refractivity contribution < 1.29 is 9.32 Å². The molecule has 1 aliphatic heterocycles. The number of carbonyl (C=O) groups excluding carboxylic acids is 1. The van der Waals surface area contributed by atoms with Crippen LogP contribution in [-0.4, -0.2) is 29.1 Å². The van der Waals surface area contributed by atoms with E-state index in [9.17, 15) is 4.79 Å². The standard InChI is InChI=1S/C28H35N3O2/c1-21(2)18-26(32)31(19-23-10-6-4-7-11-23)20-25-27(24-12-8-5-9-13-24)29-33-28(25)30-16-14-22(3)15-17-30/h4-13,21-22H,14-20H2,1-3H3. The Bertz CT molecular complexity index is 1020. The molecule has 0 spiro atoms. The molecule has 0 N–H and O–H groups in total. The molecule has 0 radical (unpaired) electrons. The van der Waals surface area contributed by atoms with Gasteiger partial charge in [0.1, 0.15) is 5.69 Å². The minimum absolute atomic E-state index is 0.160. The number of nitrogens with zero attached hydrogens (tertiary/aromatic N) is 3. The minimum Gasteiger partial charge on any atom is -0.340 e. The van der Waals surface area contributed by atoms with E-state index in [0.29, 0.717) is 25.4 Å². The maximum Gasteiger partial charge on any atom is 0.232 e. The Hall–Kier alpha value is -3.08. The molecule has 1 saturated heterocycles.